The van der Waals surface area contributed by atoms with Gasteiger partial charge in [0, 0.05) is 22.7 Å². The summed E-state index contributed by atoms with van der Waals surface area (Å²) in [7, 11) is 0. The summed E-state index contributed by atoms with van der Waals surface area (Å²) in [5.74, 6) is -1.53. The Kier molecular flexibility index (Phi) is 8.78. The third-order valence-corrected chi connectivity index (χ3v) is 6.87. The number of alkyl halides is 3. The van der Waals surface area contributed by atoms with Crippen LogP contribution < -0.4 is 5.10 Å². The van der Waals surface area contributed by atoms with Gasteiger partial charge in [-0.25, -0.2) is 0 Å². The van der Waals surface area contributed by atoms with Crippen molar-refractivity contribution in [3.8, 4) is 22.6 Å². The normalized spacial score (nSPS) is 12.8. The molecule has 220 valence electrons. The fourth-order valence-corrected chi connectivity index (χ4v) is 4.16. The van der Waals surface area contributed by atoms with Crippen molar-refractivity contribution in [2.45, 2.75) is 77.8 Å². The van der Waals surface area contributed by atoms with Gasteiger partial charge in [-0.2, -0.15) is 13.2 Å². The van der Waals surface area contributed by atoms with E-state index in [0.29, 0.717) is 11.4 Å². The zero-order valence-corrected chi connectivity index (χ0v) is 26.3. The Hall–Kier alpha value is -2.93. The predicted molar refractivity (Wildman–Crippen MR) is 144 cm³/mol. The van der Waals surface area contributed by atoms with Gasteiger partial charge >= 0.3 is 27.2 Å². The Morgan fingerprint density at radius 3 is 1.66 bits per heavy atom. The van der Waals surface area contributed by atoms with Crippen LogP contribution in [0.15, 0.2) is 42.5 Å². The van der Waals surface area contributed by atoms with Crippen molar-refractivity contribution in [2.24, 2.45) is 0 Å². The zero-order valence-electron chi connectivity index (χ0n) is 24.0. The second-order valence-corrected chi connectivity index (χ2v) is 12.5. The molecule has 3 aromatic heterocycles. The molecule has 0 saturated carbocycles. The van der Waals surface area contributed by atoms with Crippen LogP contribution in [0.1, 0.15) is 83.6 Å². The Labute approximate surface area is 251 Å². The quantitative estimate of drug-likeness (QED) is 0.156. The van der Waals surface area contributed by atoms with Crippen molar-refractivity contribution < 1.29 is 43.0 Å². The number of hydrogen-bond donors (Lipinski definition) is 0. The molecular formula is C31H31F5N4Pt. The molecule has 0 aliphatic carbocycles. The van der Waals surface area contributed by atoms with Crippen LogP contribution in [0.5, 0.6) is 0 Å². The smallest absolute Gasteiger partial charge is 0.573 e. The van der Waals surface area contributed by atoms with Gasteiger partial charge in [0.25, 0.3) is 0 Å². The Morgan fingerprint density at radius 2 is 1.20 bits per heavy atom. The van der Waals surface area contributed by atoms with Gasteiger partial charge in [0.05, 0.1) is 11.4 Å². The van der Waals surface area contributed by atoms with Crippen molar-refractivity contribution in [1.29, 1.82) is 0 Å². The number of benzene rings is 1. The molecule has 4 rings (SSSR count). The molecule has 0 N–H and O–H groups in total. The van der Waals surface area contributed by atoms with Crippen molar-refractivity contribution in [2.75, 3.05) is 0 Å². The second kappa shape index (κ2) is 11.0. The maximum atomic E-state index is 14.8. The van der Waals surface area contributed by atoms with Crippen LogP contribution in [-0.2, 0) is 43.5 Å². The SMILES string of the molecule is CC(C)(C)c1cc(-c2cc(C(F)(F)F)n[n-]2)nc(C(C)(C)c2cc(C(C)(C)C)cc(-c3[c-]cc(F)cc3F)n2)c1.[Pt+2]. The van der Waals surface area contributed by atoms with Crippen molar-refractivity contribution in [1.82, 2.24) is 20.2 Å². The summed E-state index contributed by atoms with van der Waals surface area (Å²) in [6.07, 6.45) is -4.63. The Morgan fingerprint density at radius 1 is 0.683 bits per heavy atom. The third-order valence-electron chi connectivity index (χ3n) is 6.87. The van der Waals surface area contributed by atoms with Crippen LogP contribution >= 0.6 is 0 Å². The molecular weight excluding hydrogens is 718 g/mol. The number of hydrogen-bond acceptors (Lipinski definition) is 3. The second-order valence-electron chi connectivity index (χ2n) is 12.5. The van der Waals surface area contributed by atoms with E-state index in [2.05, 4.69) is 16.3 Å². The van der Waals surface area contributed by atoms with Gasteiger partial charge in [-0.1, -0.05) is 64.9 Å². The van der Waals surface area contributed by atoms with Gasteiger partial charge in [0.15, 0.2) is 0 Å². The van der Waals surface area contributed by atoms with Crippen LogP contribution in [0.2, 0.25) is 0 Å². The molecule has 0 amide bonds. The molecule has 1 aromatic carbocycles. The summed E-state index contributed by atoms with van der Waals surface area (Å²) in [6.45, 7) is 15.8. The number of rotatable bonds is 4. The average molecular weight is 750 g/mol. The molecule has 0 bridgehead atoms. The molecule has 4 nitrogen and oxygen atoms in total. The standard InChI is InChI=1S/C31H31F5N4.Pt/c1-28(2,3)17-11-22(20-10-9-19(32)15-21(20)33)37-25(13-17)30(7,8)26-14-18(29(4,5)6)12-23(38-26)24-16-27(40-39-24)31(34,35)36;/h9,11-16H,1-8H3;/q-2;+2. The summed E-state index contributed by atoms with van der Waals surface area (Å²) in [4.78, 5) is 9.52. The number of nitrogens with zero attached hydrogens (tertiary/aromatic N) is 4. The molecule has 3 heterocycles. The minimum atomic E-state index is -4.63. The van der Waals surface area contributed by atoms with E-state index in [4.69, 9.17) is 9.97 Å². The van der Waals surface area contributed by atoms with Crippen LogP contribution in [0.4, 0.5) is 22.0 Å². The maximum absolute atomic E-state index is 14.8. The van der Waals surface area contributed by atoms with E-state index in [1.54, 1.807) is 12.1 Å². The zero-order chi connectivity index (χ0) is 29.8. The Bertz CT molecular complexity index is 1560. The predicted octanol–water partition coefficient (Wildman–Crippen LogP) is 8.18. The first kappa shape index (κ1) is 32.6. The summed E-state index contributed by atoms with van der Waals surface area (Å²) in [5, 5.41) is 7.08. The van der Waals surface area contributed by atoms with E-state index in [-0.39, 0.29) is 54.5 Å². The van der Waals surface area contributed by atoms with Crippen LogP contribution in [-0.4, -0.2) is 15.1 Å². The molecule has 0 aliphatic heterocycles. The molecule has 10 heteroatoms. The van der Waals surface area contributed by atoms with Gasteiger partial charge in [-0.05, 0) is 65.8 Å². The topological polar surface area (TPSA) is 52.8 Å². The molecule has 0 radical (unpaired) electrons. The van der Waals surface area contributed by atoms with Crippen molar-refractivity contribution in [3.05, 3.63) is 88.4 Å². The summed E-state index contributed by atoms with van der Waals surface area (Å²) in [6, 6.07) is 12.7. The minimum Gasteiger partial charge on any atom is -0.573 e. The van der Waals surface area contributed by atoms with Crippen LogP contribution in [0.3, 0.4) is 0 Å². The summed E-state index contributed by atoms with van der Waals surface area (Å²) in [5.41, 5.74) is 0.703. The molecule has 4 aromatic rings. The third kappa shape index (κ3) is 6.94. The van der Waals surface area contributed by atoms with Gasteiger partial charge < -0.3 is 15.2 Å². The van der Waals surface area contributed by atoms with Gasteiger partial charge in [-0.3, -0.25) is 13.8 Å². The molecule has 0 atom stereocenters. The first-order valence-electron chi connectivity index (χ1n) is 12.8. The largest absolute Gasteiger partial charge is 2.00 e. The first-order valence-corrected chi connectivity index (χ1v) is 12.8. The van der Waals surface area contributed by atoms with Crippen molar-refractivity contribution in [3.63, 3.8) is 0 Å². The van der Waals surface area contributed by atoms with Gasteiger partial charge in [0.1, 0.15) is 5.69 Å². The molecule has 0 unspecified atom stereocenters. The fraction of sp³-hybridized carbons (Fsp3) is 0.387. The molecule has 0 spiro atoms. The summed E-state index contributed by atoms with van der Waals surface area (Å²) >= 11 is 0. The molecule has 0 saturated heterocycles. The van der Waals surface area contributed by atoms with E-state index < -0.39 is 28.9 Å². The summed E-state index contributed by atoms with van der Waals surface area (Å²) < 4.78 is 68.2. The Balaban J connectivity index is 0.00000462. The van der Waals surface area contributed by atoms with Gasteiger partial charge in [-0.15, -0.1) is 12.1 Å². The monoisotopic (exact) mass is 749 g/mol. The van der Waals surface area contributed by atoms with E-state index in [9.17, 15) is 22.0 Å². The van der Waals surface area contributed by atoms with E-state index in [0.717, 1.165) is 29.3 Å². The molecule has 0 fully saturated rings. The minimum absolute atomic E-state index is 0. The number of aromatic nitrogens is 4. The van der Waals surface area contributed by atoms with Gasteiger partial charge in [0.2, 0.25) is 0 Å². The fourth-order valence-electron chi connectivity index (χ4n) is 4.16. The number of halogens is 5. The molecule has 41 heavy (non-hydrogen) atoms. The van der Waals surface area contributed by atoms with E-state index >= 15 is 0 Å². The van der Waals surface area contributed by atoms with Crippen LogP contribution in [0, 0.1) is 17.7 Å². The number of pyridine rings is 2. The van der Waals surface area contributed by atoms with E-state index in [1.165, 1.54) is 0 Å². The van der Waals surface area contributed by atoms with Crippen molar-refractivity contribution >= 4 is 0 Å². The van der Waals surface area contributed by atoms with E-state index in [1.807, 2.05) is 67.5 Å². The first-order chi connectivity index (χ1) is 18.3. The maximum Gasteiger partial charge on any atom is 2.00 e. The molecule has 0 aliphatic rings. The average Bonchev–Trinajstić information content (AvgIpc) is 3.34. The van der Waals surface area contributed by atoms with Crippen LogP contribution in [0.25, 0.3) is 22.6 Å².